The smallest absolute Gasteiger partial charge is 0.338 e. The van der Waals surface area contributed by atoms with E-state index in [9.17, 15) is 9.59 Å². The van der Waals surface area contributed by atoms with E-state index in [-0.39, 0.29) is 12.2 Å². The molecule has 3 aromatic heterocycles. The topological polar surface area (TPSA) is 60.7 Å². The first kappa shape index (κ1) is 21.4. The number of thiophene rings is 2. The summed E-state index contributed by atoms with van der Waals surface area (Å²) in [6.07, 6.45) is 3.38. The molecule has 0 aliphatic carbocycles. The highest BCUT2D eigenvalue weighted by Gasteiger charge is 2.34. The van der Waals surface area contributed by atoms with Gasteiger partial charge >= 0.3 is 5.97 Å². The molecule has 0 unspecified atom stereocenters. The maximum absolute atomic E-state index is 13.4. The van der Waals surface area contributed by atoms with Crippen molar-refractivity contribution < 1.29 is 9.53 Å². The third kappa shape index (κ3) is 4.03. The second kappa shape index (κ2) is 9.13. The number of halogens is 1. The van der Waals surface area contributed by atoms with E-state index in [0.29, 0.717) is 27.0 Å². The fourth-order valence-corrected chi connectivity index (χ4v) is 6.65. The Morgan fingerprint density at radius 1 is 1.30 bits per heavy atom. The zero-order valence-corrected chi connectivity index (χ0v) is 20.4. The van der Waals surface area contributed by atoms with E-state index in [2.05, 4.69) is 22.9 Å². The number of ether oxygens (including phenoxy) is 1. The quantitative estimate of drug-likeness (QED) is 0.449. The third-order valence-corrected chi connectivity index (χ3v) is 8.05. The van der Waals surface area contributed by atoms with Crippen LogP contribution in [-0.2, 0) is 9.53 Å². The first-order valence-corrected chi connectivity index (χ1v) is 12.8. The molecule has 0 N–H and O–H groups in total. The van der Waals surface area contributed by atoms with Crippen LogP contribution in [0.4, 0.5) is 0 Å². The highest BCUT2D eigenvalue weighted by atomic mass is 79.9. The minimum atomic E-state index is -0.515. The second-order valence-corrected chi connectivity index (χ2v) is 11.1. The van der Waals surface area contributed by atoms with E-state index in [1.54, 1.807) is 22.8 Å². The maximum atomic E-state index is 13.4. The third-order valence-electron chi connectivity index (χ3n) is 4.57. The molecule has 4 heterocycles. The predicted octanol–water partition coefficient (Wildman–Crippen LogP) is 4.46. The lowest BCUT2D eigenvalue weighted by atomic mass is 9.99. The molecule has 0 saturated heterocycles. The van der Waals surface area contributed by atoms with E-state index in [1.165, 1.54) is 22.7 Å². The summed E-state index contributed by atoms with van der Waals surface area (Å²) in [6, 6.07) is 7.30. The fraction of sp³-hybridized carbons (Fsp3) is 0.286. The Kier molecular flexibility index (Phi) is 6.52. The summed E-state index contributed by atoms with van der Waals surface area (Å²) in [7, 11) is 0. The summed E-state index contributed by atoms with van der Waals surface area (Å²) in [4.78, 5) is 33.7. The van der Waals surface area contributed by atoms with Gasteiger partial charge in [0, 0.05) is 9.75 Å². The Balaban J connectivity index is 1.97. The molecule has 1 aliphatic heterocycles. The lowest BCUT2D eigenvalue weighted by Gasteiger charge is -2.24. The van der Waals surface area contributed by atoms with Gasteiger partial charge in [-0.25, -0.2) is 9.79 Å². The summed E-state index contributed by atoms with van der Waals surface area (Å²) < 4.78 is 8.63. The molecule has 156 valence electrons. The zero-order valence-electron chi connectivity index (χ0n) is 16.4. The van der Waals surface area contributed by atoms with Gasteiger partial charge in [-0.1, -0.05) is 30.7 Å². The van der Waals surface area contributed by atoms with Crippen molar-refractivity contribution in [3.63, 3.8) is 0 Å². The molecular weight excluding hydrogens is 504 g/mol. The molecule has 5 nitrogen and oxygen atoms in total. The van der Waals surface area contributed by atoms with Crippen LogP contribution in [0.25, 0.3) is 6.08 Å². The summed E-state index contributed by atoms with van der Waals surface area (Å²) in [5.74, 6) is -0.403. The molecule has 3 aromatic rings. The van der Waals surface area contributed by atoms with Crippen LogP contribution in [0.1, 0.15) is 42.5 Å². The number of hydrogen-bond donors (Lipinski definition) is 0. The molecule has 0 fully saturated rings. The number of hydrogen-bond acceptors (Lipinski definition) is 7. The molecular formula is C21H19BrN2O3S3. The molecule has 0 bridgehead atoms. The normalized spacial score (nSPS) is 16.5. The van der Waals surface area contributed by atoms with Crippen molar-refractivity contribution in [3.8, 4) is 0 Å². The highest BCUT2D eigenvalue weighted by molar-refractivity contribution is 9.11. The molecule has 0 saturated carbocycles. The van der Waals surface area contributed by atoms with Crippen LogP contribution in [0.5, 0.6) is 0 Å². The predicted molar refractivity (Wildman–Crippen MR) is 126 cm³/mol. The highest BCUT2D eigenvalue weighted by Crippen LogP contribution is 2.34. The van der Waals surface area contributed by atoms with E-state index in [1.807, 2.05) is 35.7 Å². The Bertz CT molecular complexity index is 1280. The molecule has 0 aromatic carbocycles. The number of allylic oxidation sites excluding steroid dienone is 1. The minimum absolute atomic E-state index is 0.140. The number of carbonyl (C=O) groups excluding carboxylic acids is 1. The van der Waals surface area contributed by atoms with Gasteiger partial charge in [-0.2, -0.15) is 0 Å². The average Bonchev–Trinajstić information content (AvgIpc) is 3.44. The second-order valence-electron chi connectivity index (χ2n) is 6.57. The number of nitrogens with zero attached hydrogens (tertiary/aromatic N) is 2. The Morgan fingerprint density at radius 2 is 2.13 bits per heavy atom. The van der Waals surface area contributed by atoms with Gasteiger partial charge in [0.05, 0.1) is 26.2 Å². The largest absolute Gasteiger partial charge is 0.463 e. The monoisotopic (exact) mass is 522 g/mol. The number of thiazole rings is 1. The number of carbonyl (C=O) groups is 1. The van der Waals surface area contributed by atoms with Gasteiger partial charge in [-0.15, -0.1) is 22.7 Å². The average molecular weight is 523 g/mol. The minimum Gasteiger partial charge on any atom is -0.463 e. The van der Waals surface area contributed by atoms with Crippen molar-refractivity contribution in [2.75, 3.05) is 6.61 Å². The van der Waals surface area contributed by atoms with E-state index < -0.39 is 12.0 Å². The van der Waals surface area contributed by atoms with Gasteiger partial charge in [-0.05, 0) is 58.9 Å². The van der Waals surface area contributed by atoms with Crippen LogP contribution in [0.3, 0.4) is 0 Å². The van der Waals surface area contributed by atoms with E-state index >= 15 is 0 Å². The molecule has 30 heavy (non-hydrogen) atoms. The van der Waals surface area contributed by atoms with Gasteiger partial charge in [0.1, 0.15) is 6.04 Å². The zero-order chi connectivity index (χ0) is 21.3. The molecule has 1 atom stereocenters. The van der Waals surface area contributed by atoms with Gasteiger partial charge < -0.3 is 4.74 Å². The van der Waals surface area contributed by atoms with Crippen molar-refractivity contribution in [2.45, 2.75) is 32.7 Å². The van der Waals surface area contributed by atoms with Crippen molar-refractivity contribution >= 4 is 62.0 Å². The van der Waals surface area contributed by atoms with Crippen LogP contribution in [0, 0.1) is 0 Å². The molecule has 9 heteroatoms. The molecule has 0 spiro atoms. The van der Waals surface area contributed by atoms with Gasteiger partial charge in [0.25, 0.3) is 5.56 Å². The number of rotatable bonds is 6. The van der Waals surface area contributed by atoms with Crippen molar-refractivity contribution in [1.29, 1.82) is 0 Å². The Morgan fingerprint density at radius 3 is 2.77 bits per heavy atom. The molecule has 0 radical (unpaired) electrons. The summed E-state index contributed by atoms with van der Waals surface area (Å²) in [5.41, 5.74) is 1.04. The maximum Gasteiger partial charge on any atom is 0.338 e. The number of esters is 1. The summed E-state index contributed by atoms with van der Waals surface area (Å²) >= 11 is 7.91. The van der Waals surface area contributed by atoms with Crippen LogP contribution < -0.4 is 14.9 Å². The van der Waals surface area contributed by atoms with Gasteiger partial charge in [-0.3, -0.25) is 9.36 Å². The lowest BCUT2D eigenvalue weighted by Crippen LogP contribution is -2.39. The van der Waals surface area contributed by atoms with E-state index in [4.69, 9.17) is 9.73 Å². The van der Waals surface area contributed by atoms with Gasteiger partial charge in [0.15, 0.2) is 4.80 Å². The van der Waals surface area contributed by atoms with Crippen molar-refractivity contribution in [2.24, 2.45) is 4.99 Å². The van der Waals surface area contributed by atoms with Crippen LogP contribution >= 0.6 is 49.9 Å². The van der Waals surface area contributed by atoms with Crippen molar-refractivity contribution in [1.82, 2.24) is 4.57 Å². The number of aromatic nitrogens is 1. The Hall–Kier alpha value is -1.81. The molecule has 4 rings (SSSR count). The first-order chi connectivity index (χ1) is 14.5. The van der Waals surface area contributed by atoms with Crippen LogP contribution in [0.15, 0.2) is 54.5 Å². The standard InChI is InChI=1S/C21H19BrN2O3S3/c1-3-6-13-17(20(26)27-4-2)18(14-7-5-10-28-14)24-19(25)15(30-21(24)23-13)11-12-8-9-16(22)29-12/h5,7-11,18H,3-4,6H2,1-2H3/b15-11+/t18-/m1/s1. The summed E-state index contributed by atoms with van der Waals surface area (Å²) in [6.45, 7) is 4.11. The molecule has 0 amide bonds. The SMILES string of the molecule is CCCC1=C(C(=O)OCC)[C@@H](c2cccs2)n2c(s/c(=C/c3ccc(Br)s3)c2=O)=N1. The molecule has 1 aliphatic rings. The van der Waals surface area contributed by atoms with Crippen LogP contribution in [-0.4, -0.2) is 17.1 Å². The fourth-order valence-electron chi connectivity index (χ4n) is 3.37. The Labute approximate surface area is 193 Å². The lowest BCUT2D eigenvalue weighted by molar-refractivity contribution is -0.139. The van der Waals surface area contributed by atoms with Crippen LogP contribution in [0.2, 0.25) is 0 Å². The summed E-state index contributed by atoms with van der Waals surface area (Å²) in [5, 5.41) is 1.96. The van der Waals surface area contributed by atoms with E-state index in [0.717, 1.165) is 20.0 Å². The van der Waals surface area contributed by atoms with Gasteiger partial charge in [0.2, 0.25) is 0 Å². The number of fused-ring (bicyclic) bond motifs is 1. The van der Waals surface area contributed by atoms with Crippen molar-refractivity contribution in [3.05, 3.63) is 74.1 Å². The first-order valence-electron chi connectivity index (χ1n) is 9.54.